The van der Waals surface area contributed by atoms with Crippen molar-refractivity contribution in [3.8, 4) is 0 Å². The fraction of sp³-hybridized carbons (Fsp3) is 1.00. The molecule has 1 heterocycles. The van der Waals surface area contributed by atoms with Crippen LogP contribution >= 0.6 is 0 Å². The van der Waals surface area contributed by atoms with Crippen LogP contribution in [0.15, 0.2) is 0 Å². The third kappa shape index (κ3) is 2.67. The van der Waals surface area contributed by atoms with Gasteiger partial charge in [0.25, 0.3) is 0 Å². The molecule has 1 unspecified atom stereocenters. The van der Waals surface area contributed by atoms with Gasteiger partial charge in [0, 0.05) is 19.7 Å². The van der Waals surface area contributed by atoms with Gasteiger partial charge in [-0.05, 0) is 45.1 Å². The van der Waals surface area contributed by atoms with Crippen LogP contribution in [0.3, 0.4) is 0 Å². The molecule has 0 radical (unpaired) electrons. The summed E-state index contributed by atoms with van der Waals surface area (Å²) in [4.78, 5) is 2.67. The first kappa shape index (κ1) is 13.3. The van der Waals surface area contributed by atoms with Crippen molar-refractivity contribution in [1.82, 2.24) is 4.90 Å². The molecule has 100 valence electrons. The van der Waals surface area contributed by atoms with Gasteiger partial charge in [-0.25, -0.2) is 0 Å². The SMILES string of the molecule is COCC(C)(CN)N1CCC[C@H]2CCCC[C@H]21. The van der Waals surface area contributed by atoms with Gasteiger partial charge in [0.2, 0.25) is 0 Å². The molecule has 0 aromatic heterocycles. The van der Waals surface area contributed by atoms with Gasteiger partial charge in [-0.2, -0.15) is 0 Å². The fourth-order valence-corrected chi connectivity index (χ4v) is 3.87. The maximum Gasteiger partial charge on any atom is 0.0656 e. The maximum absolute atomic E-state index is 6.02. The standard InChI is InChI=1S/C14H28N2O/c1-14(10-15,11-17-2)16-9-5-7-12-6-3-4-8-13(12)16/h12-13H,3-11,15H2,1-2H3/t12-,13-,14?/m1/s1. The number of likely N-dealkylation sites (tertiary alicyclic amines) is 1. The summed E-state index contributed by atoms with van der Waals surface area (Å²) in [7, 11) is 1.79. The molecule has 2 N–H and O–H groups in total. The summed E-state index contributed by atoms with van der Waals surface area (Å²) >= 11 is 0. The first-order valence-corrected chi connectivity index (χ1v) is 7.17. The number of hydrogen-bond donors (Lipinski definition) is 1. The van der Waals surface area contributed by atoms with Crippen molar-refractivity contribution >= 4 is 0 Å². The van der Waals surface area contributed by atoms with Crippen LogP contribution in [-0.2, 0) is 4.74 Å². The summed E-state index contributed by atoms with van der Waals surface area (Å²) in [6.07, 6.45) is 8.37. The third-order valence-electron chi connectivity index (χ3n) is 4.83. The van der Waals surface area contributed by atoms with Gasteiger partial charge in [-0.3, -0.25) is 4.90 Å². The molecular formula is C14H28N2O. The number of nitrogens with two attached hydrogens (primary N) is 1. The van der Waals surface area contributed by atoms with Gasteiger partial charge in [0.15, 0.2) is 0 Å². The topological polar surface area (TPSA) is 38.5 Å². The number of methoxy groups -OCH3 is 1. The molecule has 2 rings (SSSR count). The zero-order valence-electron chi connectivity index (χ0n) is 11.5. The second kappa shape index (κ2) is 5.68. The highest BCUT2D eigenvalue weighted by Gasteiger charge is 2.41. The minimum absolute atomic E-state index is 0.0371. The van der Waals surface area contributed by atoms with Gasteiger partial charge in [0.05, 0.1) is 12.1 Å². The summed E-state index contributed by atoms with van der Waals surface area (Å²) < 4.78 is 5.41. The van der Waals surface area contributed by atoms with Crippen LogP contribution in [0.5, 0.6) is 0 Å². The van der Waals surface area contributed by atoms with E-state index in [-0.39, 0.29) is 5.54 Å². The van der Waals surface area contributed by atoms with Crippen LogP contribution in [-0.4, -0.2) is 43.3 Å². The number of nitrogens with zero attached hydrogens (tertiary/aromatic N) is 1. The highest BCUT2D eigenvalue weighted by Crippen LogP contribution is 2.38. The Kier molecular flexibility index (Phi) is 4.45. The lowest BCUT2D eigenvalue weighted by Gasteiger charge is -2.52. The van der Waals surface area contributed by atoms with E-state index in [1.807, 2.05) is 0 Å². The molecule has 0 aromatic rings. The second-order valence-corrected chi connectivity index (χ2v) is 6.08. The Morgan fingerprint density at radius 1 is 1.24 bits per heavy atom. The molecule has 0 bridgehead atoms. The van der Waals surface area contributed by atoms with E-state index in [0.29, 0.717) is 6.54 Å². The summed E-state index contributed by atoms with van der Waals surface area (Å²) in [5.41, 5.74) is 6.06. The molecule has 1 aliphatic heterocycles. The van der Waals surface area contributed by atoms with E-state index < -0.39 is 0 Å². The van der Waals surface area contributed by atoms with Crippen molar-refractivity contribution in [3.63, 3.8) is 0 Å². The average Bonchev–Trinajstić information content (AvgIpc) is 2.38. The number of hydrogen-bond acceptors (Lipinski definition) is 3. The van der Waals surface area contributed by atoms with Crippen molar-refractivity contribution in [2.24, 2.45) is 11.7 Å². The summed E-state index contributed by atoms with van der Waals surface area (Å²) in [5.74, 6) is 0.917. The Bertz CT molecular complexity index is 244. The molecular weight excluding hydrogens is 212 g/mol. The van der Waals surface area contributed by atoms with Crippen molar-refractivity contribution in [2.75, 3.05) is 26.8 Å². The first-order chi connectivity index (χ1) is 8.21. The van der Waals surface area contributed by atoms with Crippen molar-refractivity contribution in [2.45, 2.75) is 57.0 Å². The minimum atomic E-state index is 0.0371. The van der Waals surface area contributed by atoms with Gasteiger partial charge in [-0.1, -0.05) is 12.8 Å². The van der Waals surface area contributed by atoms with E-state index in [9.17, 15) is 0 Å². The lowest BCUT2D eigenvalue weighted by Crippen LogP contribution is -2.62. The van der Waals surface area contributed by atoms with Gasteiger partial charge >= 0.3 is 0 Å². The number of ether oxygens (including phenoxy) is 1. The molecule has 0 aromatic carbocycles. The Balaban J connectivity index is 2.11. The van der Waals surface area contributed by atoms with E-state index >= 15 is 0 Å². The van der Waals surface area contributed by atoms with E-state index in [1.165, 1.54) is 45.1 Å². The highest BCUT2D eigenvalue weighted by molar-refractivity contribution is 4.97. The molecule has 1 saturated heterocycles. The maximum atomic E-state index is 6.02. The van der Waals surface area contributed by atoms with Crippen LogP contribution in [0, 0.1) is 5.92 Å². The monoisotopic (exact) mass is 240 g/mol. The fourth-order valence-electron chi connectivity index (χ4n) is 3.87. The highest BCUT2D eigenvalue weighted by atomic mass is 16.5. The van der Waals surface area contributed by atoms with E-state index in [1.54, 1.807) is 7.11 Å². The smallest absolute Gasteiger partial charge is 0.0656 e. The molecule has 2 fully saturated rings. The van der Waals surface area contributed by atoms with Crippen LogP contribution in [0.25, 0.3) is 0 Å². The van der Waals surface area contributed by atoms with Crippen LogP contribution in [0.1, 0.15) is 45.4 Å². The predicted molar refractivity (Wildman–Crippen MR) is 71.0 cm³/mol. The molecule has 0 spiro atoms. The molecule has 3 nitrogen and oxygen atoms in total. The predicted octanol–water partition coefficient (Wildman–Crippen LogP) is 2.00. The van der Waals surface area contributed by atoms with Crippen LogP contribution < -0.4 is 5.73 Å². The minimum Gasteiger partial charge on any atom is -0.383 e. The number of rotatable bonds is 4. The van der Waals surface area contributed by atoms with Gasteiger partial charge in [0.1, 0.15) is 0 Å². The van der Waals surface area contributed by atoms with E-state index in [2.05, 4.69) is 11.8 Å². The summed E-state index contributed by atoms with van der Waals surface area (Å²) in [6.45, 7) is 4.93. The van der Waals surface area contributed by atoms with Crippen molar-refractivity contribution < 1.29 is 4.74 Å². The van der Waals surface area contributed by atoms with Gasteiger partial charge < -0.3 is 10.5 Å². The Hall–Kier alpha value is -0.120. The zero-order chi connectivity index (χ0) is 12.3. The van der Waals surface area contributed by atoms with Crippen LogP contribution in [0.2, 0.25) is 0 Å². The van der Waals surface area contributed by atoms with Gasteiger partial charge in [-0.15, -0.1) is 0 Å². The average molecular weight is 240 g/mol. The Labute approximate surface area is 106 Å². The molecule has 0 amide bonds. The Morgan fingerprint density at radius 2 is 1.94 bits per heavy atom. The van der Waals surface area contributed by atoms with Crippen molar-refractivity contribution in [3.05, 3.63) is 0 Å². The van der Waals surface area contributed by atoms with E-state index in [0.717, 1.165) is 18.6 Å². The molecule has 17 heavy (non-hydrogen) atoms. The second-order valence-electron chi connectivity index (χ2n) is 6.08. The lowest BCUT2D eigenvalue weighted by molar-refractivity contribution is -0.0499. The van der Waals surface area contributed by atoms with E-state index in [4.69, 9.17) is 10.5 Å². The third-order valence-corrected chi connectivity index (χ3v) is 4.83. The largest absolute Gasteiger partial charge is 0.383 e. The quantitative estimate of drug-likeness (QED) is 0.817. The first-order valence-electron chi connectivity index (χ1n) is 7.17. The number of piperidine rings is 1. The lowest BCUT2D eigenvalue weighted by atomic mass is 9.76. The zero-order valence-corrected chi connectivity index (χ0v) is 11.5. The van der Waals surface area contributed by atoms with Crippen LogP contribution in [0.4, 0.5) is 0 Å². The molecule has 3 atom stereocenters. The molecule has 2 aliphatic rings. The summed E-state index contributed by atoms with van der Waals surface area (Å²) in [5, 5.41) is 0. The molecule has 3 heteroatoms. The normalized spacial score (nSPS) is 34.1. The summed E-state index contributed by atoms with van der Waals surface area (Å²) in [6, 6.07) is 0.765. The number of fused-ring (bicyclic) bond motifs is 1. The molecule has 1 aliphatic carbocycles. The van der Waals surface area contributed by atoms with Crippen molar-refractivity contribution in [1.29, 1.82) is 0 Å². The molecule has 1 saturated carbocycles. The Morgan fingerprint density at radius 3 is 2.65 bits per heavy atom.